The van der Waals surface area contributed by atoms with Gasteiger partial charge in [-0.2, -0.15) is 0 Å². The maximum Gasteiger partial charge on any atom is 0.115 e. The van der Waals surface area contributed by atoms with Crippen LogP contribution in [0.4, 0.5) is 0 Å². The number of hydrogen-bond donors (Lipinski definition) is 2. The molecule has 0 radical (unpaired) electrons. The van der Waals surface area contributed by atoms with E-state index in [1.165, 1.54) is 18.4 Å². The molecule has 2 heteroatoms. The highest BCUT2D eigenvalue weighted by Crippen LogP contribution is 2.59. The molecule has 2 aliphatic rings. The molecule has 0 heterocycles. The molecule has 0 spiro atoms. The van der Waals surface area contributed by atoms with Crippen molar-refractivity contribution in [2.45, 2.75) is 58.0 Å². The third kappa shape index (κ3) is 2.05. The van der Waals surface area contributed by atoms with Crippen molar-refractivity contribution in [3.8, 4) is 5.75 Å². The minimum atomic E-state index is -0.109. The molecule has 5 atom stereocenters. The van der Waals surface area contributed by atoms with Gasteiger partial charge in [0.2, 0.25) is 0 Å². The third-order valence-corrected chi connectivity index (χ3v) is 6.18. The molecule has 0 saturated heterocycles. The number of aliphatic hydroxyl groups is 1. The zero-order valence-electron chi connectivity index (χ0n) is 12.5. The summed E-state index contributed by atoms with van der Waals surface area (Å²) in [5, 5.41) is 19.8. The van der Waals surface area contributed by atoms with Gasteiger partial charge < -0.3 is 10.2 Å². The summed E-state index contributed by atoms with van der Waals surface area (Å²) in [7, 11) is 0. The first-order valence-electron chi connectivity index (χ1n) is 8.03. The molecule has 2 fully saturated rings. The number of aliphatic hydroxyl groups excluding tert-OH is 1. The first kappa shape index (κ1) is 13.9. The van der Waals surface area contributed by atoms with Gasteiger partial charge in [0, 0.05) is 0 Å². The Balaban J connectivity index is 1.89. The molecular weight excluding hydrogens is 248 g/mol. The minimum Gasteiger partial charge on any atom is -0.508 e. The zero-order chi connectivity index (χ0) is 14.3. The summed E-state index contributed by atoms with van der Waals surface area (Å²) in [5.74, 6) is 2.24. The van der Waals surface area contributed by atoms with Gasteiger partial charge in [-0.3, -0.25) is 0 Å². The summed E-state index contributed by atoms with van der Waals surface area (Å²) in [6, 6.07) is 7.77. The second-order valence-electron chi connectivity index (χ2n) is 7.01. The van der Waals surface area contributed by atoms with Crippen LogP contribution in [0.3, 0.4) is 0 Å². The number of fused-ring (bicyclic) bond motifs is 1. The maximum atomic E-state index is 10.4. The molecule has 2 aliphatic carbocycles. The second kappa shape index (κ2) is 5.07. The Hall–Kier alpha value is -1.02. The summed E-state index contributed by atoms with van der Waals surface area (Å²) in [4.78, 5) is 0. The number of rotatable bonds is 2. The molecule has 0 bridgehead atoms. The van der Waals surface area contributed by atoms with Crippen molar-refractivity contribution in [3.05, 3.63) is 29.8 Å². The van der Waals surface area contributed by atoms with Crippen LogP contribution in [0, 0.1) is 17.3 Å². The Labute approximate surface area is 121 Å². The molecule has 1 aromatic carbocycles. The Morgan fingerprint density at radius 3 is 2.50 bits per heavy atom. The summed E-state index contributed by atoms with van der Waals surface area (Å²) in [5.41, 5.74) is 1.49. The second-order valence-corrected chi connectivity index (χ2v) is 7.01. The lowest BCUT2D eigenvalue weighted by Gasteiger charge is -2.47. The van der Waals surface area contributed by atoms with Gasteiger partial charge in [-0.05, 0) is 66.5 Å². The molecule has 2 nitrogen and oxygen atoms in total. The van der Waals surface area contributed by atoms with Crippen molar-refractivity contribution in [1.29, 1.82) is 0 Å². The molecule has 2 saturated carbocycles. The molecule has 1 aromatic rings. The SMILES string of the molecule is CC[C@H]1[C@H]2CC[C@@H](O)[C@]2(C)CC[C@H]1c1ccc(O)cc1. The largest absolute Gasteiger partial charge is 0.508 e. The predicted octanol–water partition coefficient (Wildman–Crippen LogP) is 4.07. The smallest absolute Gasteiger partial charge is 0.115 e. The van der Waals surface area contributed by atoms with E-state index in [-0.39, 0.29) is 11.5 Å². The first-order chi connectivity index (χ1) is 9.56. The lowest BCUT2D eigenvalue weighted by atomic mass is 9.58. The predicted molar refractivity (Wildman–Crippen MR) is 80.7 cm³/mol. The van der Waals surface area contributed by atoms with Gasteiger partial charge in [0.25, 0.3) is 0 Å². The van der Waals surface area contributed by atoms with Gasteiger partial charge in [-0.1, -0.05) is 32.4 Å². The topological polar surface area (TPSA) is 40.5 Å². The van der Waals surface area contributed by atoms with Crippen LogP contribution in [0.2, 0.25) is 0 Å². The van der Waals surface area contributed by atoms with Crippen LogP contribution in [-0.2, 0) is 0 Å². The Morgan fingerprint density at radius 2 is 1.85 bits per heavy atom. The van der Waals surface area contributed by atoms with Crippen LogP contribution >= 0.6 is 0 Å². The van der Waals surface area contributed by atoms with Crippen molar-refractivity contribution < 1.29 is 10.2 Å². The Kier molecular flexibility index (Phi) is 3.53. The zero-order valence-corrected chi connectivity index (χ0v) is 12.5. The number of phenols is 1. The quantitative estimate of drug-likeness (QED) is 0.853. The van der Waals surface area contributed by atoms with E-state index >= 15 is 0 Å². The fourth-order valence-corrected chi connectivity index (χ4v) is 4.96. The van der Waals surface area contributed by atoms with Crippen molar-refractivity contribution in [1.82, 2.24) is 0 Å². The molecule has 3 rings (SSSR count). The number of benzene rings is 1. The molecule has 110 valence electrons. The van der Waals surface area contributed by atoms with E-state index in [1.807, 2.05) is 0 Å². The molecule has 0 aromatic heterocycles. The standard InChI is InChI=1S/C18H26O2/c1-3-14-15(12-4-6-13(19)7-5-12)10-11-18(2)16(14)8-9-17(18)20/h4-7,14-17,19-20H,3,8-11H2,1-2H3/t14-,15+,16-,17-,18-/m1/s1. The van der Waals surface area contributed by atoms with E-state index in [4.69, 9.17) is 0 Å². The van der Waals surface area contributed by atoms with Gasteiger partial charge in [0.15, 0.2) is 0 Å². The van der Waals surface area contributed by atoms with E-state index in [9.17, 15) is 10.2 Å². The molecular formula is C18H26O2. The summed E-state index contributed by atoms with van der Waals surface area (Å²) < 4.78 is 0. The lowest BCUT2D eigenvalue weighted by Crippen LogP contribution is -2.42. The van der Waals surface area contributed by atoms with Crippen molar-refractivity contribution in [2.24, 2.45) is 17.3 Å². The van der Waals surface area contributed by atoms with Crippen LogP contribution in [0.5, 0.6) is 5.75 Å². The van der Waals surface area contributed by atoms with Gasteiger partial charge in [-0.15, -0.1) is 0 Å². The molecule has 0 aliphatic heterocycles. The van der Waals surface area contributed by atoms with Crippen LogP contribution in [-0.4, -0.2) is 16.3 Å². The number of aromatic hydroxyl groups is 1. The lowest BCUT2D eigenvalue weighted by molar-refractivity contribution is -0.0194. The third-order valence-electron chi connectivity index (χ3n) is 6.18. The highest BCUT2D eigenvalue weighted by atomic mass is 16.3. The van der Waals surface area contributed by atoms with Crippen LogP contribution in [0.15, 0.2) is 24.3 Å². The van der Waals surface area contributed by atoms with Crippen molar-refractivity contribution >= 4 is 0 Å². The maximum absolute atomic E-state index is 10.4. The van der Waals surface area contributed by atoms with Crippen LogP contribution < -0.4 is 0 Å². The van der Waals surface area contributed by atoms with Gasteiger partial charge in [0.1, 0.15) is 5.75 Å². The summed E-state index contributed by atoms with van der Waals surface area (Å²) in [6.07, 6.45) is 5.50. The average molecular weight is 274 g/mol. The average Bonchev–Trinajstić information content (AvgIpc) is 2.75. The molecule has 20 heavy (non-hydrogen) atoms. The highest BCUT2D eigenvalue weighted by Gasteiger charge is 2.52. The Bertz CT molecular complexity index is 467. The van der Waals surface area contributed by atoms with E-state index in [0.717, 1.165) is 19.3 Å². The van der Waals surface area contributed by atoms with E-state index < -0.39 is 0 Å². The fraction of sp³-hybridized carbons (Fsp3) is 0.667. The number of hydrogen-bond acceptors (Lipinski definition) is 2. The van der Waals surface area contributed by atoms with Gasteiger partial charge >= 0.3 is 0 Å². The first-order valence-corrected chi connectivity index (χ1v) is 8.03. The van der Waals surface area contributed by atoms with Crippen molar-refractivity contribution in [3.63, 3.8) is 0 Å². The van der Waals surface area contributed by atoms with Crippen LogP contribution in [0.1, 0.15) is 57.4 Å². The minimum absolute atomic E-state index is 0.109. The monoisotopic (exact) mass is 274 g/mol. The Morgan fingerprint density at radius 1 is 1.15 bits per heavy atom. The fourth-order valence-electron chi connectivity index (χ4n) is 4.96. The summed E-state index contributed by atoms with van der Waals surface area (Å²) in [6.45, 7) is 4.58. The van der Waals surface area contributed by atoms with Crippen LogP contribution in [0.25, 0.3) is 0 Å². The normalized spacial score (nSPS) is 40.5. The molecule has 2 N–H and O–H groups in total. The van der Waals surface area contributed by atoms with Crippen molar-refractivity contribution in [2.75, 3.05) is 0 Å². The van der Waals surface area contributed by atoms with Gasteiger partial charge in [-0.25, -0.2) is 0 Å². The number of phenolic OH excluding ortho intramolecular Hbond substituents is 1. The summed E-state index contributed by atoms with van der Waals surface area (Å²) >= 11 is 0. The van der Waals surface area contributed by atoms with E-state index in [1.54, 1.807) is 12.1 Å². The van der Waals surface area contributed by atoms with E-state index in [2.05, 4.69) is 26.0 Å². The highest BCUT2D eigenvalue weighted by molar-refractivity contribution is 5.29. The van der Waals surface area contributed by atoms with Gasteiger partial charge in [0.05, 0.1) is 6.10 Å². The van der Waals surface area contributed by atoms with E-state index in [0.29, 0.717) is 23.5 Å². The molecule has 0 unspecified atom stereocenters. The molecule has 0 amide bonds.